The zero-order valence-corrected chi connectivity index (χ0v) is 19.3. The molecule has 0 aromatic heterocycles. The standard InChI is InChI=1S/C23H28F2N2OS.C2H6/c24-20-14-19(23(28)10-8-18(26)9-11-23)21(25)13-17(20)15-27-12-4-7-22(29-27)16-5-2-1-3-6-16;1-2/h1-3,5-6,13-14,18,22,28H,4,7-12,15,26H2;1-2H3. The highest BCUT2D eigenvalue weighted by Crippen LogP contribution is 2.42. The van der Waals surface area contributed by atoms with Crippen molar-refractivity contribution in [1.29, 1.82) is 0 Å². The number of halogens is 2. The summed E-state index contributed by atoms with van der Waals surface area (Å²) in [5.74, 6) is -0.979. The van der Waals surface area contributed by atoms with Crippen LogP contribution < -0.4 is 5.73 Å². The Labute approximate surface area is 189 Å². The van der Waals surface area contributed by atoms with Gasteiger partial charge in [-0.2, -0.15) is 0 Å². The van der Waals surface area contributed by atoms with Gasteiger partial charge in [0.05, 0.1) is 5.60 Å². The fourth-order valence-corrected chi connectivity index (χ4v) is 5.75. The molecule has 0 bridgehead atoms. The molecular weight excluding hydrogens is 414 g/mol. The lowest BCUT2D eigenvalue weighted by Crippen LogP contribution is -2.37. The highest BCUT2D eigenvalue weighted by atomic mass is 32.2. The van der Waals surface area contributed by atoms with E-state index in [-0.39, 0.29) is 11.6 Å². The molecule has 0 spiro atoms. The van der Waals surface area contributed by atoms with Crippen LogP contribution in [-0.2, 0) is 12.1 Å². The van der Waals surface area contributed by atoms with E-state index in [9.17, 15) is 13.9 Å². The van der Waals surface area contributed by atoms with Gasteiger partial charge in [-0.25, -0.2) is 13.1 Å². The van der Waals surface area contributed by atoms with Crippen molar-refractivity contribution >= 4 is 11.9 Å². The Morgan fingerprint density at radius 1 is 1.06 bits per heavy atom. The summed E-state index contributed by atoms with van der Waals surface area (Å²) >= 11 is 1.71. The Kier molecular flexibility index (Phi) is 8.50. The maximum absolute atomic E-state index is 14.9. The first kappa shape index (κ1) is 24.2. The molecule has 1 unspecified atom stereocenters. The average Bonchev–Trinajstić information content (AvgIpc) is 2.80. The van der Waals surface area contributed by atoms with Crippen LogP contribution >= 0.6 is 11.9 Å². The summed E-state index contributed by atoms with van der Waals surface area (Å²) in [4.78, 5) is 0. The van der Waals surface area contributed by atoms with Gasteiger partial charge >= 0.3 is 0 Å². The Morgan fingerprint density at radius 2 is 1.74 bits per heavy atom. The summed E-state index contributed by atoms with van der Waals surface area (Å²) in [6.45, 7) is 5.19. The van der Waals surface area contributed by atoms with Crippen LogP contribution in [0, 0.1) is 11.6 Å². The van der Waals surface area contributed by atoms with Gasteiger partial charge in [-0.15, -0.1) is 0 Å². The molecule has 1 saturated carbocycles. The van der Waals surface area contributed by atoms with Crippen molar-refractivity contribution in [2.45, 2.75) is 75.8 Å². The van der Waals surface area contributed by atoms with Crippen molar-refractivity contribution < 1.29 is 13.9 Å². The molecule has 2 aromatic carbocycles. The molecule has 1 heterocycles. The Balaban J connectivity index is 0.00000132. The highest BCUT2D eigenvalue weighted by Gasteiger charge is 2.36. The van der Waals surface area contributed by atoms with Gasteiger partial charge in [0, 0.05) is 35.5 Å². The van der Waals surface area contributed by atoms with Crippen molar-refractivity contribution in [3.8, 4) is 0 Å². The molecule has 1 saturated heterocycles. The fourth-order valence-electron chi connectivity index (χ4n) is 4.39. The molecule has 2 aliphatic rings. The van der Waals surface area contributed by atoms with E-state index < -0.39 is 17.2 Å². The molecular formula is C25H34F2N2OS. The van der Waals surface area contributed by atoms with Crippen molar-refractivity contribution in [2.75, 3.05) is 6.54 Å². The molecule has 4 rings (SSSR count). The van der Waals surface area contributed by atoms with E-state index in [1.807, 2.05) is 32.0 Å². The molecule has 3 nitrogen and oxygen atoms in total. The van der Waals surface area contributed by atoms with Gasteiger partial charge in [-0.1, -0.05) is 56.1 Å². The molecule has 1 aliphatic carbocycles. The molecule has 2 aromatic rings. The SMILES string of the molecule is CC.NC1CCC(O)(c2cc(F)c(CN3CCCC(c4ccccc4)S3)cc2F)CC1. The Bertz CT molecular complexity index is 841. The third-order valence-corrected chi connectivity index (χ3v) is 7.54. The molecule has 0 radical (unpaired) electrons. The third-order valence-electron chi connectivity index (χ3n) is 6.16. The first-order chi connectivity index (χ1) is 14.9. The third kappa shape index (κ3) is 5.86. The lowest BCUT2D eigenvalue weighted by atomic mass is 9.77. The molecule has 2 fully saturated rings. The number of benzene rings is 2. The second-order valence-corrected chi connectivity index (χ2v) is 9.60. The monoisotopic (exact) mass is 448 g/mol. The maximum atomic E-state index is 14.9. The van der Waals surface area contributed by atoms with Crippen LogP contribution in [0.3, 0.4) is 0 Å². The smallest absolute Gasteiger partial charge is 0.129 e. The average molecular weight is 449 g/mol. The van der Waals surface area contributed by atoms with E-state index >= 15 is 0 Å². The second kappa shape index (κ2) is 10.9. The van der Waals surface area contributed by atoms with Crippen molar-refractivity contribution in [1.82, 2.24) is 4.31 Å². The maximum Gasteiger partial charge on any atom is 0.129 e. The first-order valence-corrected chi connectivity index (χ1v) is 12.2. The van der Waals surface area contributed by atoms with Crippen LogP contribution in [0.15, 0.2) is 42.5 Å². The van der Waals surface area contributed by atoms with Gasteiger partial charge in [0.1, 0.15) is 11.6 Å². The largest absolute Gasteiger partial charge is 0.385 e. The van der Waals surface area contributed by atoms with Gasteiger partial charge in [-0.3, -0.25) is 0 Å². The first-order valence-electron chi connectivity index (χ1n) is 11.4. The van der Waals surface area contributed by atoms with E-state index in [0.717, 1.165) is 19.4 Å². The van der Waals surface area contributed by atoms with Gasteiger partial charge in [0.25, 0.3) is 0 Å². The van der Waals surface area contributed by atoms with E-state index in [2.05, 4.69) is 16.4 Å². The normalized spacial score (nSPS) is 26.8. The van der Waals surface area contributed by atoms with E-state index in [4.69, 9.17) is 5.73 Å². The minimum Gasteiger partial charge on any atom is -0.385 e. The molecule has 1 aliphatic heterocycles. The highest BCUT2D eigenvalue weighted by molar-refractivity contribution is 7.97. The zero-order valence-electron chi connectivity index (χ0n) is 18.5. The second-order valence-electron chi connectivity index (χ2n) is 8.30. The van der Waals surface area contributed by atoms with Crippen LogP contribution in [0.4, 0.5) is 8.78 Å². The minimum atomic E-state index is -1.32. The summed E-state index contributed by atoms with van der Waals surface area (Å²) in [6, 6.07) is 12.8. The Hall–Kier alpha value is -1.47. The summed E-state index contributed by atoms with van der Waals surface area (Å²) in [7, 11) is 0. The summed E-state index contributed by atoms with van der Waals surface area (Å²) in [5.41, 5.74) is 6.25. The molecule has 170 valence electrons. The summed E-state index contributed by atoms with van der Waals surface area (Å²) in [5, 5.41) is 11.2. The number of rotatable bonds is 4. The van der Waals surface area contributed by atoms with Crippen LogP contribution in [-0.4, -0.2) is 22.0 Å². The fraction of sp³-hybridized carbons (Fsp3) is 0.520. The van der Waals surface area contributed by atoms with Crippen molar-refractivity contribution in [2.24, 2.45) is 5.73 Å². The number of nitrogens with two attached hydrogens (primary N) is 1. The molecule has 1 atom stereocenters. The summed E-state index contributed by atoms with van der Waals surface area (Å²) < 4.78 is 31.9. The van der Waals surface area contributed by atoms with Crippen LogP contribution in [0.25, 0.3) is 0 Å². The van der Waals surface area contributed by atoms with Gasteiger partial charge in [0.15, 0.2) is 0 Å². The van der Waals surface area contributed by atoms with E-state index in [1.165, 1.54) is 17.7 Å². The molecule has 31 heavy (non-hydrogen) atoms. The zero-order chi connectivity index (χ0) is 22.4. The molecule has 0 amide bonds. The predicted molar refractivity (Wildman–Crippen MR) is 124 cm³/mol. The van der Waals surface area contributed by atoms with Crippen LogP contribution in [0.1, 0.15) is 74.3 Å². The van der Waals surface area contributed by atoms with Crippen molar-refractivity contribution in [3.05, 3.63) is 70.8 Å². The minimum absolute atomic E-state index is 0.0242. The van der Waals surface area contributed by atoms with Crippen molar-refractivity contribution in [3.63, 3.8) is 0 Å². The van der Waals surface area contributed by atoms with Crippen LogP contribution in [0.5, 0.6) is 0 Å². The lowest BCUT2D eigenvalue weighted by molar-refractivity contribution is -0.00830. The van der Waals surface area contributed by atoms with E-state index in [1.54, 1.807) is 11.9 Å². The van der Waals surface area contributed by atoms with E-state index in [0.29, 0.717) is 43.0 Å². The molecule has 6 heteroatoms. The number of hydrogen-bond donors (Lipinski definition) is 2. The summed E-state index contributed by atoms with van der Waals surface area (Å²) in [6.07, 6.45) is 4.06. The van der Waals surface area contributed by atoms with Gasteiger partial charge in [0.2, 0.25) is 0 Å². The number of aliphatic hydroxyl groups is 1. The quantitative estimate of drug-likeness (QED) is 0.558. The van der Waals surface area contributed by atoms with Crippen LogP contribution in [0.2, 0.25) is 0 Å². The number of hydrogen-bond acceptors (Lipinski definition) is 4. The predicted octanol–water partition coefficient (Wildman–Crippen LogP) is 6.07. The van der Waals surface area contributed by atoms with Gasteiger partial charge < -0.3 is 10.8 Å². The topological polar surface area (TPSA) is 49.5 Å². The lowest BCUT2D eigenvalue weighted by Gasteiger charge is -2.36. The Morgan fingerprint density at radius 3 is 2.42 bits per heavy atom. The molecule has 3 N–H and O–H groups in total. The van der Waals surface area contributed by atoms with Gasteiger partial charge in [-0.05, 0) is 56.2 Å². The number of nitrogens with zero attached hydrogens (tertiary/aromatic N) is 1.